The molecule has 4 heteroatoms. The summed E-state index contributed by atoms with van der Waals surface area (Å²) >= 11 is 3.16. The molecule has 2 aromatic rings. The van der Waals surface area contributed by atoms with Crippen molar-refractivity contribution in [3.8, 4) is 0 Å². The quantitative estimate of drug-likeness (QED) is 0.842. The Bertz CT molecular complexity index is 611. The van der Waals surface area contributed by atoms with Gasteiger partial charge in [-0.1, -0.05) is 46.3 Å². The molecule has 0 radical (unpaired) electrons. The predicted molar refractivity (Wildman–Crippen MR) is 78.2 cm³/mol. The number of hydrogen-bond acceptors (Lipinski definition) is 1. The first kappa shape index (κ1) is 13.5. The fourth-order valence-electron chi connectivity index (χ4n) is 1.50. The highest BCUT2D eigenvalue weighted by Crippen LogP contribution is 2.19. The standard InChI is InChI=1S/C15H11BrFNO/c16-12-7-8-14(13(17)10-12)18-15(19)9-6-11-4-2-1-3-5-11/h1-10H,(H,18,19)/b9-6+. The van der Waals surface area contributed by atoms with Gasteiger partial charge < -0.3 is 5.32 Å². The fourth-order valence-corrected chi connectivity index (χ4v) is 1.83. The van der Waals surface area contributed by atoms with Crippen LogP contribution in [0.3, 0.4) is 0 Å². The minimum absolute atomic E-state index is 0.158. The van der Waals surface area contributed by atoms with E-state index in [0.717, 1.165) is 5.56 Å². The third-order valence-electron chi connectivity index (χ3n) is 2.42. The van der Waals surface area contributed by atoms with E-state index in [9.17, 15) is 9.18 Å². The molecule has 2 nitrogen and oxygen atoms in total. The van der Waals surface area contributed by atoms with Crippen molar-refractivity contribution in [2.45, 2.75) is 0 Å². The maximum atomic E-state index is 13.5. The number of nitrogens with one attached hydrogen (secondary N) is 1. The van der Waals surface area contributed by atoms with Crippen LogP contribution in [-0.4, -0.2) is 5.91 Å². The molecule has 0 spiro atoms. The van der Waals surface area contributed by atoms with E-state index < -0.39 is 5.82 Å². The number of carbonyl (C=O) groups excluding carboxylic acids is 1. The maximum Gasteiger partial charge on any atom is 0.248 e. The van der Waals surface area contributed by atoms with Crippen LogP contribution in [0.4, 0.5) is 10.1 Å². The lowest BCUT2D eigenvalue weighted by Crippen LogP contribution is -2.09. The van der Waals surface area contributed by atoms with Gasteiger partial charge in [-0.05, 0) is 29.8 Å². The Labute approximate surface area is 119 Å². The number of anilines is 1. The third-order valence-corrected chi connectivity index (χ3v) is 2.91. The van der Waals surface area contributed by atoms with Crippen molar-refractivity contribution in [1.29, 1.82) is 0 Å². The molecular formula is C15H11BrFNO. The van der Waals surface area contributed by atoms with Crippen molar-refractivity contribution >= 4 is 33.6 Å². The zero-order chi connectivity index (χ0) is 13.7. The lowest BCUT2D eigenvalue weighted by atomic mass is 10.2. The van der Waals surface area contributed by atoms with Gasteiger partial charge in [-0.2, -0.15) is 0 Å². The first-order valence-electron chi connectivity index (χ1n) is 5.64. The summed E-state index contributed by atoms with van der Waals surface area (Å²) < 4.78 is 14.1. The highest BCUT2D eigenvalue weighted by atomic mass is 79.9. The summed E-state index contributed by atoms with van der Waals surface area (Å²) in [4.78, 5) is 11.6. The Balaban J connectivity index is 2.04. The zero-order valence-corrected chi connectivity index (χ0v) is 11.5. The summed E-state index contributed by atoms with van der Waals surface area (Å²) in [5.41, 5.74) is 1.07. The van der Waals surface area contributed by atoms with E-state index in [1.165, 1.54) is 18.2 Å². The molecule has 0 aliphatic heterocycles. The fraction of sp³-hybridized carbons (Fsp3) is 0. The normalized spacial score (nSPS) is 10.6. The average Bonchev–Trinajstić information content (AvgIpc) is 2.41. The van der Waals surface area contributed by atoms with E-state index in [-0.39, 0.29) is 11.6 Å². The van der Waals surface area contributed by atoms with Gasteiger partial charge in [0.2, 0.25) is 5.91 Å². The summed E-state index contributed by atoms with van der Waals surface area (Å²) in [7, 11) is 0. The lowest BCUT2D eigenvalue weighted by Gasteiger charge is -2.03. The Morgan fingerprint density at radius 2 is 1.89 bits per heavy atom. The highest BCUT2D eigenvalue weighted by Gasteiger charge is 2.04. The van der Waals surface area contributed by atoms with Crippen molar-refractivity contribution in [3.63, 3.8) is 0 Å². The molecular weight excluding hydrogens is 309 g/mol. The number of hydrogen-bond donors (Lipinski definition) is 1. The molecule has 0 aromatic heterocycles. The van der Waals surface area contributed by atoms with Gasteiger partial charge in [0, 0.05) is 10.5 Å². The molecule has 0 aliphatic carbocycles. The van der Waals surface area contributed by atoms with Gasteiger partial charge in [0.15, 0.2) is 0 Å². The smallest absolute Gasteiger partial charge is 0.248 e. The van der Waals surface area contributed by atoms with Crippen LogP contribution in [0, 0.1) is 5.82 Å². The first-order valence-corrected chi connectivity index (χ1v) is 6.43. The zero-order valence-electron chi connectivity index (χ0n) is 9.94. The molecule has 0 heterocycles. The van der Waals surface area contributed by atoms with Crippen molar-refractivity contribution in [2.24, 2.45) is 0 Å². The van der Waals surface area contributed by atoms with E-state index in [1.807, 2.05) is 30.3 Å². The van der Waals surface area contributed by atoms with Crippen LogP contribution >= 0.6 is 15.9 Å². The molecule has 0 fully saturated rings. The minimum Gasteiger partial charge on any atom is -0.320 e. The van der Waals surface area contributed by atoms with Crippen molar-refractivity contribution in [3.05, 3.63) is 70.5 Å². The molecule has 0 saturated carbocycles. The van der Waals surface area contributed by atoms with Gasteiger partial charge in [-0.15, -0.1) is 0 Å². The van der Waals surface area contributed by atoms with Gasteiger partial charge in [0.25, 0.3) is 0 Å². The Kier molecular flexibility index (Phi) is 4.47. The predicted octanol–water partition coefficient (Wildman–Crippen LogP) is 4.24. The first-order chi connectivity index (χ1) is 9.15. The van der Waals surface area contributed by atoms with Gasteiger partial charge in [-0.3, -0.25) is 4.79 Å². The second-order valence-electron chi connectivity index (χ2n) is 3.86. The number of halogens is 2. The molecule has 19 heavy (non-hydrogen) atoms. The van der Waals surface area contributed by atoms with E-state index in [1.54, 1.807) is 12.1 Å². The van der Waals surface area contributed by atoms with Crippen molar-refractivity contribution < 1.29 is 9.18 Å². The molecule has 0 aliphatic rings. The largest absolute Gasteiger partial charge is 0.320 e. The molecule has 96 valence electrons. The topological polar surface area (TPSA) is 29.1 Å². The minimum atomic E-state index is -0.476. The Morgan fingerprint density at radius 3 is 2.58 bits per heavy atom. The third kappa shape index (κ3) is 4.03. The molecule has 1 amide bonds. The summed E-state index contributed by atoms with van der Waals surface area (Å²) in [6.07, 6.45) is 3.04. The van der Waals surface area contributed by atoms with Crippen LogP contribution < -0.4 is 5.32 Å². The second kappa shape index (κ2) is 6.29. The van der Waals surface area contributed by atoms with E-state index in [2.05, 4.69) is 21.2 Å². The van der Waals surface area contributed by atoms with Crippen molar-refractivity contribution in [1.82, 2.24) is 0 Å². The Hall–Kier alpha value is -1.94. The van der Waals surface area contributed by atoms with Crippen LogP contribution in [-0.2, 0) is 4.79 Å². The number of carbonyl (C=O) groups is 1. The highest BCUT2D eigenvalue weighted by molar-refractivity contribution is 9.10. The number of benzene rings is 2. The van der Waals surface area contributed by atoms with Crippen LogP contribution in [0.25, 0.3) is 6.08 Å². The lowest BCUT2D eigenvalue weighted by molar-refractivity contribution is -0.111. The van der Waals surface area contributed by atoms with Crippen LogP contribution in [0.5, 0.6) is 0 Å². The van der Waals surface area contributed by atoms with E-state index >= 15 is 0 Å². The Morgan fingerprint density at radius 1 is 1.16 bits per heavy atom. The molecule has 1 N–H and O–H groups in total. The van der Waals surface area contributed by atoms with Gasteiger partial charge >= 0.3 is 0 Å². The summed E-state index contributed by atoms with van der Waals surface area (Å²) in [5, 5.41) is 2.49. The molecule has 0 bridgehead atoms. The monoisotopic (exact) mass is 319 g/mol. The summed E-state index contributed by atoms with van der Waals surface area (Å²) in [5.74, 6) is -0.846. The van der Waals surface area contributed by atoms with Crippen LogP contribution in [0.2, 0.25) is 0 Å². The number of rotatable bonds is 3. The van der Waals surface area contributed by atoms with Crippen LogP contribution in [0.15, 0.2) is 59.1 Å². The molecule has 0 unspecified atom stereocenters. The van der Waals surface area contributed by atoms with E-state index in [0.29, 0.717) is 4.47 Å². The summed E-state index contributed by atoms with van der Waals surface area (Å²) in [6, 6.07) is 13.9. The average molecular weight is 320 g/mol. The molecule has 2 rings (SSSR count). The molecule has 2 aromatic carbocycles. The maximum absolute atomic E-state index is 13.5. The second-order valence-corrected chi connectivity index (χ2v) is 4.77. The SMILES string of the molecule is O=C(/C=C/c1ccccc1)Nc1ccc(Br)cc1F. The summed E-state index contributed by atoms with van der Waals surface area (Å²) in [6.45, 7) is 0. The van der Waals surface area contributed by atoms with Gasteiger partial charge in [-0.25, -0.2) is 4.39 Å². The molecule has 0 atom stereocenters. The van der Waals surface area contributed by atoms with Crippen molar-refractivity contribution in [2.75, 3.05) is 5.32 Å². The van der Waals surface area contributed by atoms with Gasteiger partial charge in [0.1, 0.15) is 5.82 Å². The van der Waals surface area contributed by atoms with Crippen LogP contribution in [0.1, 0.15) is 5.56 Å². The molecule has 0 saturated heterocycles. The van der Waals surface area contributed by atoms with Gasteiger partial charge in [0.05, 0.1) is 5.69 Å². The van der Waals surface area contributed by atoms with E-state index in [4.69, 9.17) is 0 Å². The number of amides is 1.